The van der Waals surface area contributed by atoms with Gasteiger partial charge in [-0.15, -0.1) is 0 Å². The number of benzene rings is 2. The van der Waals surface area contributed by atoms with Crippen molar-refractivity contribution in [2.24, 2.45) is 5.10 Å². The average molecular weight is 547 g/mol. The largest absolute Gasteiger partial charge is 0.493 e. The van der Waals surface area contributed by atoms with E-state index in [1.54, 1.807) is 17.0 Å². The summed E-state index contributed by atoms with van der Waals surface area (Å²) in [6, 6.07) is 10.9. The van der Waals surface area contributed by atoms with Gasteiger partial charge in [-0.05, 0) is 46.1 Å². The number of ether oxygens (including phenoxy) is 3. The highest BCUT2D eigenvalue weighted by Crippen LogP contribution is 2.36. The van der Waals surface area contributed by atoms with Crippen molar-refractivity contribution in [2.45, 2.75) is 13.5 Å². The molecule has 0 aromatic heterocycles. The summed E-state index contributed by atoms with van der Waals surface area (Å²) in [5.74, 6) is -1.09. The summed E-state index contributed by atoms with van der Waals surface area (Å²) in [5, 5.41) is 6.38. The molecule has 1 aliphatic heterocycles. The summed E-state index contributed by atoms with van der Waals surface area (Å²) in [4.78, 5) is 38.0. The van der Waals surface area contributed by atoms with Gasteiger partial charge >= 0.3 is 11.8 Å². The molecule has 11 heteroatoms. The molecule has 3 amide bonds. The van der Waals surface area contributed by atoms with Crippen LogP contribution in [0.2, 0.25) is 0 Å². The van der Waals surface area contributed by atoms with E-state index in [2.05, 4.69) is 31.8 Å². The van der Waals surface area contributed by atoms with Gasteiger partial charge in [-0.2, -0.15) is 5.10 Å². The van der Waals surface area contributed by atoms with E-state index < -0.39 is 11.8 Å². The number of hydrazone groups is 1. The van der Waals surface area contributed by atoms with Crippen LogP contribution >= 0.6 is 15.9 Å². The maximum absolute atomic E-state index is 12.3. The monoisotopic (exact) mass is 546 g/mol. The molecule has 35 heavy (non-hydrogen) atoms. The average Bonchev–Trinajstić information content (AvgIpc) is 2.87. The minimum Gasteiger partial charge on any atom is -0.493 e. The lowest BCUT2D eigenvalue weighted by Crippen LogP contribution is -2.43. The van der Waals surface area contributed by atoms with Crippen LogP contribution in [0, 0.1) is 6.92 Å². The van der Waals surface area contributed by atoms with Gasteiger partial charge in [-0.25, -0.2) is 5.43 Å². The van der Waals surface area contributed by atoms with Gasteiger partial charge in [0.25, 0.3) is 5.91 Å². The van der Waals surface area contributed by atoms with Gasteiger partial charge in [0.15, 0.2) is 18.1 Å². The van der Waals surface area contributed by atoms with Gasteiger partial charge in [-0.3, -0.25) is 14.4 Å². The standard InChI is InChI=1S/C24H27BrN4O6/c1-16-3-5-17(6-4-16)13-26-23(31)24(32)28-27-14-18-11-19(25)22(20(12-18)33-2)35-15-21(30)29-7-9-34-10-8-29/h3-6,11-12,14H,7-10,13,15H2,1-2H3,(H,26,31)(H,28,32)/b27-14-. The molecule has 1 saturated heterocycles. The highest BCUT2D eigenvalue weighted by molar-refractivity contribution is 9.10. The molecule has 2 N–H and O–H groups in total. The maximum Gasteiger partial charge on any atom is 0.329 e. The van der Waals surface area contributed by atoms with Crippen molar-refractivity contribution in [2.75, 3.05) is 40.0 Å². The van der Waals surface area contributed by atoms with Crippen molar-refractivity contribution >= 4 is 39.9 Å². The molecule has 1 fully saturated rings. The Balaban J connectivity index is 1.53. The predicted molar refractivity (Wildman–Crippen MR) is 132 cm³/mol. The van der Waals surface area contributed by atoms with Crippen LogP contribution < -0.4 is 20.2 Å². The number of hydrogen-bond donors (Lipinski definition) is 2. The van der Waals surface area contributed by atoms with Crippen LogP contribution in [-0.2, 0) is 25.7 Å². The quantitative estimate of drug-likeness (QED) is 0.296. The third-order valence-corrected chi connectivity index (χ3v) is 5.70. The van der Waals surface area contributed by atoms with Crippen LogP contribution in [-0.4, -0.2) is 68.9 Å². The first-order valence-corrected chi connectivity index (χ1v) is 11.7. The molecule has 3 rings (SSSR count). The maximum atomic E-state index is 12.3. The van der Waals surface area contributed by atoms with Gasteiger partial charge in [0, 0.05) is 19.6 Å². The van der Waals surface area contributed by atoms with Crippen LogP contribution in [0.15, 0.2) is 46.0 Å². The van der Waals surface area contributed by atoms with Gasteiger partial charge in [-0.1, -0.05) is 29.8 Å². The molecule has 2 aromatic carbocycles. The number of rotatable bonds is 8. The smallest absolute Gasteiger partial charge is 0.329 e. The predicted octanol–water partition coefficient (Wildman–Crippen LogP) is 1.77. The van der Waals surface area contributed by atoms with Crippen molar-refractivity contribution in [1.82, 2.24) is 15.6 Å². The summed E-state index contributed by atoms with van der Waals surface area (Å²) in [6.45, 7) is 4.15. The zero-order chi connectivity index (χ0) is 25.2. The second-order valence-corrected chi connectivity index (χ2v) is 8.54. The highest BCUT2D eigenvalue weighted by Gasteiger charge is 2.19. The molecule has 1 aliphatic rings. The Morgan fingerprint density at radius 3 is 2.54 bits per heavy atom. The third kappa shape index (κ3) is 7.79. The topological polar surface area (TPSA) is 119 Å². The Morgan fingerprint density at radius 1 is 1.14 bits per heavy atom. The molecule has 1 heterocycles. The SMILES string of the molecule is COc1cc(/C=N\NC(=O)C(=O)NCc2ccc(C)cc2)cc(Br)c1OCC(=O)N1CCOCC1. The minimum absolute atomic E-state index is 0.142. The zero-order valence-electron chi connectivity index (χ0n) is 19.5. The molecule has 186 valence electrons. The van der Waals surface area contributed by atoms with Crippen LogP contribution in [0.5, 0.6) is 11.5 Å². The molecule has 2 aromatic rings. The molecule has 0 aliphatic carbocycles. The Kier molecular flexibility index (Phi) is 9.62. The van der Waals surface area contributed by atoms with Crippen molar-refractivity contribution in [1.29, 1.82) is 0 Å². The molecule has 0 radical (unpaired) electrons. The summed E-state index contributed by atoms with van der Waals surface area (Å²) >= 11 is 3.41. The number of halogens is 1. The van der Waals surface area contributed by atoms with Gasteiger partial charge in [0.05, 0.1) is 31.0 Å². The van der Waals surface area contributed by atoms with E-state index in [-0.39, 0.29) is 19.1 Å². The van der Waals surface area contributed by atoms with Crippen molar-refractivity contribution in [3.8, 4) is 11.5 Å². The summed E-state index contributed by atoms with van der Waals surface area (Å²) < 4.78 is 16.9. The highest BCUT2D eigenvalue weighted by atomic mass is 79.9. The fourth-order valence-corrected chi connectivity index (χ4v) is 3.75. The third-order valence-electron chi connectivity index (χ3n) is 5.12. The van der Waals surface area contributed by atoms with Crippen LogP contribution in [0.25, 0.3) is 0 Å². The minimum atomic E-state index is -0.888. The number of aryl methyl sites for hydroxylation is 1. The molecule has 0 bridgehead atoms. The van der Waals surface area contributed by atoms with Crippen LogP contribution in [0.4, 0.5) is 0 Å². The van der Waals surface area contributed by atoms with E-state index >= 15 is 0 Å². The number of morpholine rings is 1. The number of methoxy groups -OCH3 is 1. The van der Waals surface area contributed by atoms with Crippen molar-refractivity contribution in [3.05, 3.63) is 57.6 Å². The number of carbonyl (C=O) groups excluding carboxylic acids is 3. The first-order chi connectivity index (χ1) is 16.9. The van der Waals surface area contributed by atoms with Crippen LogP contribution in [0.1, 0.15) is 16.7 Å². The van der Waals surface area contributed by atoms with Gasteiger partial charge in [0.1, 0.15) is 0 Å². The lowest BCUT2D eigenvalue weighted by atomic mass is 10.1. The zero-order valence-corrected chi connectivity index (χ0v) is 21.1. The first-order valence-electron chi connectivity index (χ1n) is 10.9. The Labute approximate surface area is 211 Å². The normalized spacial score (nSPS) is 13.4. The van der Waals surface area contributed by atoms with Gasteiger partial charge in [0.2, 0.25) is 0 Å². The van der Waals surface area contributed by atoms with E-state index in [4.69, 9.17) is 14.2 Å². The molecule has 0 saturated carbocycles. The summed E-state index contributed by atoms with van der Waals surface area (Å²) in [7, 11) is 1.47. The van der Waals surface area contributed by atoms with E-state index in [1.165, 1.54) is 13.3 Å². The van der Waals surface area contributed by atoms with Crippen LogP contribution in [0.3, 0.4) is 0 Å². The molecular formula is C24H27BrN4O6. The van der Waals surface area contributed by atoms with E-state index in [9.17, 15) is 14.4 Å². The number of amides is 3. The lowest BCUT2D eigenvalue weighted by molar-refractivity contribution is -0.139. The van der Waals surface area contributed by atoms with Crippen molar-refractivity contribution < 1.29 is 28.6 Å². The Bertz CT molecular complexity index is 1080. The molecule has 10 nitrogen and oxygen atoms in total. The number of nitrogens with zero attached hydrogens (tertiary/aromatic N) is 2. The fraction of sp³-hybridized carbons (Fsp3) is 0.333. The van der Waals surface area contributed by atoms with E-state index in [1.807, 2.05) is 31.2 Å². The second kappa shape index (κ2) is 12.9. The van der Waals surface area contributed by atoms with E-state index in [0.29, 0.717) is 47.8 Å². The van der Waals surface area contributed by atoms with Crippen molar-refractivity contribution in [3.63, 3.8) is 0 Å². The van der Waals surface area contributed by atoms with Gasteiger partial charge < -0.3 is 24.4 Å². The molecule has 0 spiro atoms. The van der Waals surface area contributed by atoms with E-state index in [0.717, 1.165) is 11.1 Å². The first kappa shape index (κ1) is 26.2. The summed E-state index contributed by atoms with van der Waals surface area (Å²) in [6.07, 6.45) is 1.36. The molecular weight excluding hydrogens is 520 g/mol. The number of hydrogen-bond acceptors (Lipinski definition) is 7. The number of nitrogens with one attached hydrogen (secondary N) is 2. The summed E-state index contributed by atoms with van der Waals surface area (Å²) in [5.41, 5.74) is 4.75. The second-order valence-electron chi connectivity index (χ2n) is 7.68. The lowest BCUT2D eigenvalue weighted by Gasteiger charge is -2.26. The Morgan fingerprint density at radius 2 is 1.86 bits per heavy atom. The fourth-order valence-electron chi connectivity index (χ4n) is 3.18. The molecule has 0 unspecified atom stereocenters. The Hall–Kier alpha value is -3.44. The number of carbonyl (C=O) groups is 3. The molecule has 0 atom stereocenters.